The third kappa shape index (κ3) is 5.07. The van der Waals surface area contributed by atoms with Crippen molar-refractivity contribution in [1.82, 2.24) is 15.5 Å². The molecule has 2 N–H and O–H groups in total. The third-order valence-electron chi connectivity index (χ3n) is 5.88. The number of rotatable bonds is 7. The molecule has 8 nitrogen and oxygen atoms in total. The van der Waals surface area contributed by atoms with Crippen molar-refractivity contribution in [2.45, 2.75) is 37.8 Å². The molecule has 2 aromatic rings. The minimum absolute atomic E-state index is 0.0541. The molecule has 1 atom stereocenters. The van der Waals surface area contributed by atoms with Crippen LogP contribution in [0.25, 0.3) is 0 Å². The van der Waals surface area contributed by atoms with Crippen molar-refractivity contribution in [3.8, 4) is 5.75 Å². The van der Waals surface area contributed by atoms with E-state index in [1.807, 2.05) is 0 Å². The van der Waals surface area contributed by atoms with Gasteiger partial charge in [-0.3, -0.25) is 14.4 Å². The zero-order valence-electron chi connectivity index (χ0n) is 17.5. The Hall–Kier alpha value is -3.29. The third-order valence-corrected chi connectivity index (χ3v) is 5.88. The quantitative estimate of drug-likeness (QED) is 0.708. The van der Waals surface area contributed by atoms with Crippen molar-refractivity contribution in [1.29, 1.82) is 0 Å². The van der Waals surface area contributed by atoms with E-state index in [-0.39, 0.29) is 29.7 Å². The molecule has 0 radical (unpaired) electrons. The molecule has 31 heavy (non-hydrogen) atoms. The van der Waals surface area contributed by atoms with E-state index in [4.69, 9.17) is 9.15 Å². The van der Waals surface area contributed by atoms with E-state index in [9.17, 15) is 14.4 Å². The second kappa shape index (κ2) is 9.24. The highest BCUT2D eigenvalue weighted by molar-refractivity contribution is 5.98. The van der Waals surface area contributed by atoms with Gasteiger partial charge < -0.3 is 24.7 Å². The van der Waals surface area contributed by atoms with Gasteiger partial charge in [0.25, 0.3) is 11.8 Å². The lowest BCUT2D eigenvalue weighted by Crippen LogP contribution is -2.54. The second-order valence-electron chi connectivity index (χ2n) is 8.07. The summed E-state index contributed by atoms with van der Waals surface area (Å²) in [4.78, 5) is 40.0. The van der Waals surface area contributed by atoms with E-state index < -0.39 is 6.04 Å². The highest BCUT2D eigenvalue weighted by atomic mass is 16.5. The van der Waals surface area contributed by atoms with Crippen molar-refractivity contribution < 1.29 is 23.5 Å². The normalized spacial score (nSPS) is 17.6. The van der Waals surface area contributed by atoms with E-state index in [1.165, 1.54) is 6.26 Å². The molecule has 1 aromatic heterocycles. The Morgan fingerprint density at radius 3 is 2.35 bits per heavy atom. The van der Waals surface area contributed by atoms with Crippen LogP contribution >= 0.6 is 0 Å². The number of likely N-dealkylation sites (tertiary alicyclic amines) is 1. The Balaban J connectivity index is 1.41. The summed E-state index contributed by atoms with van der Waals surface area (Å²) in [6, 6.07) is 9.68. The van der Waals surface area contributed by atoms with Crippen LogP contribution < -0.4 is 15.4 Å². The van der Waals surface area contributed by atoms with E-state index in [2.05, 4.69) is 10.6 Å². The Bertz CT molecular complexity index is 913. The number of nitrogens with one attached hydrogen (secondary N) is 2. The molecule has 1 aromatic carbocycles. The molecule has 0 bridgehead atoms. The molecule has 1 unspecified atom stereocenters. The largest absolute Gasteiger partial charge is 0.497 e. The van der Waals surface area contributed by atoms with Gasteiger partial charge in [0.15, 0.2) is 5.76 Å². The van der Waals surface area contributed by atoms with Gasteiger partial charge in [0.2, 0.25) is 5.91 Å². The van der Waals surface area contributed by atoms with Crippen LogP contribution in [0.1, 0.15) is 46.6 Å². The molecule has 3 amide bonds. The second-order valence-corrected chi connectivity index (χ2v) is 8.07. The Morgan fingerprint density at radius 2 is 1.77 bits per heavy atom. The predicted octanol–water partition coefficient (Wildman–Crippen LogP) is 2.22. The number of methoxy groups -OCH3 is 1. The molecular formula is C23H27N3O5. The number of amides is 3. The average molecular weight is 425 g/mol. The van der Waals surface area contributed by atoms with Gasteiger partial charge in [-0.15, -0.1) is 0 Å². The fourth-order valence-electron chi connectivity index (χ4n) is 3.88. The maximum Gasteiger partial charge on any atom is 0.289 e. The van der Waals surface area contributed by atoms with Crippen LogP contribution in [0.2, 0.25) is 0 Å². The molecule has 4 rings (SSSR count). The fourth-order valence-corrected chi connectivity index (χ4v) is 3.88. The first kappa shape index (κ1) is 21.0. The van der Waals surface area contributed by atoms with Crippen LogP contribution in [0.4, 0.5) is 0 Å². The van der Waals surface area contributed by atoms with Crippen molar-refractivity contribution in [2.75, 3.05) is 20.2 Å². The van der Waals surface area contributed by atoms with Crippen molar-refractivity contribution in [2.24, 2.45) is 5.92 Å². The van der Waals surface area contributed by atoms with Gasteiger partial charge in [0, 0.05) is 24.7 Å². The SMILES string of the molecule is COc1ccc(C(=O)NC(C(=O)NC2CC2)C2CCN(C(=O)c3ccco3)CC2)cc1. The zero-order valence-corrected chi connectivity index (χ0v) is 17.5. The van der Waals surface area contributed by atoms with Gasteiger partial charge in [0.05, 0.1) is 13.4 Å². The molecule has 1 aliphatic carbocycles. The van der Waals surface area contributed by atoms with Crippen molar-refractivity contribution in [3.05, 3.63) is 54.0 Å². The van der Waals surface area contributed by atoms with Gasteiger partial charge in [-0.2, -0.15) is 0 Å². The standard InChI is InChI=1S/C23H27N3O5/c1-30-18-8-4-16(5-9-18)21(27)25-20(22(28)24-17-6-7-17)15-10-12-26(13-11-15)23(29)19-3-2-14-31-19/h2-5,8-9,14-15,17,20H,6-7,10-13H2,1H3,(H,24,28)(H,25,27). The predicted molar refractivity (Wildman–Crippen MR) is 113 cm³/mol. The molecule has 2 fully saturated rings. The highest BCUT2D eigenvalue weighted by Crippen LogP contribution is 2.25. The number of hydrogen-bond donors (Lipinski definition) is 2. The molecule has 2 heterocycles. The fraction of sp³-hybridized carbons (Fsp3) is 0.435. The molecule has 1 saturated heterocycles. The highest BCUT2D eigenvalue weighted by Gasteiger charge is 2.36. The number of benzene rings is 1. The molecular weight excluding hydrogens is 398 g/mol. The maximum atomic E-state index is 12.9. The number of carbonyl (C=O) groups excluding carboxylic acids is 3. The minimum Gasteiger partial charge on any atom is -0.497 e. The summed E-state index contributed by atoms with van der Waals surface area (Å²) < 4.78 is 10.3. The Labute approximate surface area is 180 Å². The average Bonchev–Trinajstić information content (AvgIpc) is 3.44. The number of ether oxygens (including phenoxy) is 1. The lowest BCUT2D eigenvalue weighted by Gasteiger charge is -2.35. The van der Waals surface area contributed by atoms with E-state index in [1.54, 1.807) is 48.4 Å². The summed E-state index contributed by atoms with van der Waals surface area (Å²) in [6.07, 6.45) is 4.67. The molecule has 1 aliphatic heterocycles. The van der Waals surface area contributed by atoms with Gasteiger partial charge in [-0.25, -0.2) is 0 Å². The number of furan rings is 1. The minimum atomic E-state index is -0.643. The first-order valence-electron chi connectivity index (χ1n) is 10.6. The Morgan fingerprint density at radius 1 is 1.06 bits per heavy atom. The molecule has 8 heteroatoms. The lowest BCUT2D eigenvalue weighted by atomic mass is 9.88. The van der Waals surface area contributed by atoms with Crippen LogP contribution in [-0.4, -0.2) is 54.9 Å². The van der Waals surface area contributed by atoms with Gasteiger partial charge in [-0.05, 0) is 68.0 Å². The first-order chi connectivity index (χ1) is 15.0. The summed E-state index contributed by atoms with van der Waals surface area (Å²) in [5, 5.41) is 5.94. The van der Waals surface area contributed by atoms with Crippen LogP contribution in [-0.2, 0) is 4.79 Å². The number of nitrogens with zero attached hydrogens (tertiary/aromatic N) is 1. The first-order valence-corrected chi connectivity index (χ1v) is 10.6. The maximum absolute atomic E-state index is 12.9. The monoisotopic (exact) mass is 425 g/mol. The summed E-state index contributed by atoms with van der Waals surface area (Å²) in [6.45, 7) is 1.02. The van der Waals surface area contributed by atoms with Crippen LogP contribution in [0, 0.1) is 5.92 Å². The Kier molecular flexibility index (Phi) is 6.25. The van der Waals surface area contributed by atoms with E-state index in [0.29, 0.717) is 43.0 Å². The molecule has 0 spiro atoms. The summed E-state index contributed by atoms with van der Waals surface area (Å²) >= 11 is 0. The van der Waals surface area contributed by atoms with Crippen LogP contribution in [0.3, 0.4) is 0 Å². The van der Waals surface area contributed by atoms with Gasteiger partial charge >= 0.3 is 0 Å². The molecule has 164 valence electrons. The zero-order chi connectivity index (χ0) is 21.8. The van der Waals surface area contributed by atoms with Gasteiger partial charge in [0.1, 0.15) is 11.8 Å². The van der Waals surface area contributed by atoms with Crippen molar-refractivity contribution >= 4 is 17.7 Å². The number of piperidine rings is 1. The van der Waals surface area contributed by atoms with Crippen LogP contribution in [0.15, 0.2) is 47.1 Å². The smallest absolute Gasteiger partial charge is 0.289 e. The lowest BCUT2D eigenvalue weighted by molar-refractivity contribution is -0.124. The van der Waals surface area contributed by atoms with E-state index in [0.717, 1.165) is 12.8 Å². The summed E-state index contributed by atoms with van der Waals surface area (Å²) in [7, 11) is 1.57. The van der Waals surface area contributed by atoms with Crippen molar-refractivity contribution in [3.63, 3.8) is 0 Å². The number of carbonyl (C=O) groups is 3. The molecule has 1 saturated carbocycles. The summed E-state index contributed by atoms with van der Waals surface area (Å²) in [5.74, 6) is 0.321. The van der Waals surface area contributed by atoms with E-state index >= 15 is 0 Å². The number of hydrogen-bond acceptors (Lipinski definition) is 5. The van der Waals surface area contributed by atoms with Gasteiger partial charge in [-0.1, -0.05) is 0 Å². The van der Waals surface area contributed by atoms with Crippen LogP contribution in [0.5, 0.6) is 5.75 Å². The molecule has 2 aliphatic rings. The summed E-state index contributed by atoms with van der Waals surface area (Å²) in [5.41, 5.74) is 0.468. The topological polar surface area (TPSA) is 101 Å².